The van der Waals surface area contributed by atoms with Crippen LogP contribution >= 0.6 is 0 Å². The van der Waals surface area contributed by atoms with Crippen LogP contribution in [-0.2, 0) is 83.2 Å². The second-order valence-electron chi connectivity index (χ2n) is 5.40. The van der Waals surface area contributed by atoms with E-state index >= 15 is 0 Å². The van der Waals surface area contributed by atoms with Gasteiger partial charge in [-0.2, -0.15) is 0 Å². The summed E-state index contributed by atoms with van der Waals surface area (Å²) in [6, 6.07) is 20.4. The largest absolute Gasteiger partial charge is 0.469 e. The van der Waals surface area contributed by atoms with Gasteiger partial charge in [0, 0.05) is 86.2 Å². The molecule has 5 nitrogen and oxygen atoms in total. The molecule has 0 unspecified atom stereocenters. The fraction of sp³-hybridized carbons (Fsp3) is 0.464. The Morgan fingerprint density at radius 3 is 1.17 bits per heavy atom. The van der Waals surface area contributed by atoms with Crippen LogP contribution in [0.1, 0.15) is 59.6 Å². The van der Waals surface area contributed by atoms with E-state index in [9.17, 15) is 0 Å². The van der Waals surface area contributed by atoms with E-state index in [2.05, 4.69) is 58.7 Å². The SMILES string of the molecule is CC.CC.CC=NCC.CCN.COC.[CH2-]NCc1ccccc1.[CH2-]NCc1ccccc1.[Y].[Y]. The minimum atomic E-state index is 0. The molecule has 0 aromatic heterocycles. The molecule has 0 aliphatic carbocycles. The molecular weight excluding hydrogens is 586 g/mol. The van der Waals surface area contributed by atoms with Gasteiger partial charge in [0.2, 0.25) is 0 Å². The van der Waals surface area contributed by atoms with Crippen molar-refractivity contribution in [3.8, 4) is 0 Å². The Morgan fingerprint density at radius 1 is 0.771 bits per heavy atom. The monoisotopic (exact) mass is 640 g/mol. The Hall–Kier alpha value is 0.158. The minimum Gasteiger partial charge on any atom is -0.469 e. The van der Waals surface area contributed by atoms with Gasteiger partial charge in [0.15, 0.2) is 0 Å². The molecule has 0 spiro atoms. The third kappa shape index (κ3) is 60.5. The summed E-state index contributed by atoms with van der Waals surface area (Å²) in [5.74, 6) is 0. The number of hydrogen-bond acceptors (Lipinski definition) is 5. The summed E-state index contributed by atoms with van der Waals surface area (Å²) in [5, 5.41) is 5.67. The Labute approximate surface area is 270 Å². The zero-order chi connectivity index (χ0) is 26.6. The van der Waals surface area contributed by atoms with E-state index in [4.69, 9.17) is 5.73 Å². The van der Waals surface area contributed by atoms with Crippen LogP contribution in [-0.4, -0.2) is 33.5 Å². The number of ether oxygens (including phenoxy) is 1. The smallest absolute Gasteiger partial charge is 0.0356 e. The van der Waals surface area contributed by atoms with Crippen molar-refractivity contribution in [3.63, 3.8) is 0 Å². The van der Waals surface area contributed by atoms with Gasteiger partial charge in [0.25, 0.3) is 0 Å². The van der Waals surface area contributed by atoms with E-state index in [1.54, 1.807) is 20.4 Å². The van der Waals surface area contributed by atoms with Gasteiger partial charge in [-0.05, 0) is 50.8 Å². The topological polar surface area (TPSA) is 71.7 Å². The van der Waals surface area contributed by atoms with Crippen molar-refractivity contribution in [2.75, 3.05) is 27.3 Å². The second-order valence-corrected chi connectivity index (χ2v) is 5.40. The zero-order valence-corrected chi connectivity index (χ0v) is 29.9. The van der Waals surface area contributed by atoms with Crippen LogP contribution in [0.4, 0.5) is 0 Å². The number of rotatable bonds is 5. The standard InChI is InChI=1S/2C8H10N.C4H9N.C2H7N.C2H6O.2C2H6.2Y/c2*1-9-7-8-5-3-2-4-6-8;1-3-5-4-2;1-2-3;1-3-2;2*1-2;;/h2*2-6,9H,1,7H2;3H,4H2,1-2H3;2-3H2,1H3;1-2H3;2*1-2H3;;/q2*-1;;;;;;;. The van der Waals surface area contributed by atoms with E-state index in [1.807, 2.05) is 84.9 Å². The van der Waals surface area contributed by atoms with Crippen molar-refractivity contribution in [2.45, 2.75) is 61.6 Å². The minimum absolute atomic E-state index is 0. The molecule has 0 bridgehead atoms. The summed E-state index contributed by atoms with van der Waals surface area (Å²) in [5.41, 5.74) is 7.39. The summed E-state index contributed by atoms with van der Waals surface area (Å²) >= 11 is 0. The third-order valence-corrected chi connectivity index (χ3v) is 2.71. The number of nitrogens with zero attached hydrogens (tertiary/aromatic N) is 1. The van der Waals surface area contributed by atoms with Gasteiger partial charge in [-0.15, -0.1) is 0 Å². The average molecular weight is 641 g/mol. The fourth-order valence-electron chi connectivity index (χ4n) is 1.66. The molecule has 2 rings (SSSR count). The van der Waals surface area contributed by atoms with E-state index in [0.717, 1.165) is 26.2 Å². The van der Waals surface area contributed by atoms with Crippen molar-refractivity contribution < 1.29 is 70.2 Å². The van der Waals surface area contributed by atoms with Gasteiger partial charge in [-0.1, -0.05) is 95.3 Å². The first kappa shape index (κ1) is 51.7. The van der Waals surface area contributed by atoms with Gasteiger partial charge in [-0.3, -0.25) is 19.1 Å². The Balaban J connectivity index is -0.0000000566. The molecule has 7 heteroatoms. The molecule has 2 aromatic rings. The number of methoxy groups -OCH3 is 1. The van der Waals surface area contributed by atoms with Crippen LogP contribution in [0.25, 0.3) is 0 Å². The maximum atomic E-state index is 4.85. The van der Waals surface area contributed by atoms with Crippen molar-refractivity contribution in [1.29, 1.82) is 0 Å². The number of benzene rings is 2. The molecule has 0 amide bonds. The molecule has 0 saturated heterocycles. The molecule has 0 saturated carbocycles. The molecule has 0 fully saturated rings. The van der Waals surface area contributed by atoms with E-state index in [1.165, 1.54) is 11.1 Å². The van der Waals surface area contributed by atoms with Crippen molar-refractivity contribution in [1.82, 2.24) is 10.6 Å². The molecule has 2 radical (unpaired) electrons. The summed E-state index contributed by atoms with van der Waals surface area (Å²) in [4.78, 5) is 3.85. The molecule has 0 aliphatic heterocycles. The van der Waals surface area contributed by atoms with Crippen molar-refractivity contribution in [3.05, 3.63) is 85.9 Å². The van der Waals surface area contributed by atoms with Gasteiger partial charge < -0.3 is 21.1 Å². The van der Waals surface area contributed by atoms with E-state index < -0.39 is 0 Å². The summed E-state index contributed by atoms with van der Waals surface area (Å²) < 4.78 is 4.25. The number of nitrogens with one attached hydrogen (secondary N) is 2. The Bertz CT molecular complexity index is 487. The maximum absolute atomic E-state index is 4.85. The van der Waals surface area contributed by atoms with Crippen LogP contribution < -0.4 is 16.4 Å². The first-order chi connectivity index (χ1) is 16.1. The molecule has 200 valence electrons. The first-order valence-corrected chi connectivity index (χ1v) is 11.7. The number of hydrogen-bond donors (Lipinski definition) is 3. The molecule has 35 heavy (non-hydrogen) atoms. The average Bonchev–Trinajstić information content (AvgIpc) is 2.86. The second kappa shape index (κ2) is 59.3. The quantitative estimate of drug-likeness (QED) is 0.258. The van der Waals surface area contributed by atoms with Crippen LogP contribution in [0.15, 0.2) is 65.7 Å². The van der Waals surface area contributed by atoms with Gasteiger partial charge in [0.05, 0.1) is 0 Å². The fourth-order valence-corrected chi connectivity index (χ4v) is 1.66. The van der Waals surface area contributed by atoms with E-state index in [-0.39, 0.29) is 65.4 Å². The molecular formula is C28H54N4OY2-2. The zero-order valence-electron chi connectivity index (χ0n) is 24.2. The van der Waals surface area contributed by atoms with Crippen LogP contribution in [0.2, 0.25) is 0 Å². The predicted octanol–water partition coefficient (Wildman–Crippen LogP) is 6.51. The van der Waals surface area contributed by atoms with Gasteiger partial charge in [0.1, 0.15) is 0 Å². The van der Waals surface area contributed by atoms with Crippen molar-refractivity contribution in [2.24, 2.45) is 10.7 Å². The third-order valence-electron chi connectivity index (χ3n) is 2.71. The number of nitrogens with two attached hydrogens (primary N) is 1. The molecule has 0 atom stereocenters. The summed E-state index contributed by atoms with van der Waals surface area (Å²) in [7, 11) is 10.3. The Morgan fingerprint density at radius 2 is 1.03 bits per heavy atom. The summed E-state index contributed by atoms with van der Waals surface area (Å²) in [6.07, 6.45) is 1.81. The van der Waals surface area contributed by atoms with Crippen molar-refractivity contribution >= 4 is 6.21 Å². The summed E-state index contributed by atoms with van der Waals surface area (Å²) in [6.45, 7) is 17.2. The number of aliphatic imine (C=N–C) groups is 1. The molecule has 0 heterocycles. The Kier molecular flexibility index (Phi) is 87.7. The van der Waals surface area contributed by atoms with Gasteiger partial charge in [-0.25, -0.2) is 0 Å². The normalized spacial score (nSPS) is 7.66. The van der Waals surface area contributed by atoms with Crippen LogP contribution in [0, 0.1) is 14.1 Å². The van der Waals surface area contributed by atoms with Crippen LogP contribution in [0.5, 0.6) is 0 Å². The van der Waals surface area contributed by atoms with E-state index in [0.29, 0.717) is 0 Å². The first-order valence-electron chi connectivity index (χ1n) is 11.7. The molecule has 4 N–H and O–H groups in total. The van der Waals surface area contributed by atoms with Gasteiger partial charge >= 0.3 is 0 Å². The molecule has 0 aliphatic rings. The molecule has 2 aromatic carbocycles. The predicted molar refractivity (Wildman–Crippen MR) is 152 cm³/mol. The maximum Gasteiger partial charge on any atom is 0.0356 e. The van der Waals surface area contributed by atoms with Crippen LogP contribution in [0.3, 0.4) is 0 Å².